The van der Waals surface area contributed by atoms with Gasteiger partial charge in [0.05, 0.1) is 0 Å². The average molecular weight is 171 g/mol. The van der Waals surface area contributed by atoms with E-state index in [9.17, 15) is 0 Å². The fraction of sp³-hybridized carbons (Fsp3) is 0.167. The van der Waals surface area contributed by atoms with Gasteiger partial charge in [-0.2, -0.15) is 0 Å². The maximum Gasteiger partial charge on any atom is 0.0456 e. The van der Waals surface area contributed by atoms with Crippen molar-refractivity contribution in [3.05, 3.63) is 47.7 Å². The SMILES string of the molecule is Cc1cccc(-c2ccc[nH]2)c1C. The molecule has 0 bridgehead atoms. The number of aryl methyl sites for hydroxylation is 1. The molecule has 0 aliphatic carbocycles. The van der Waals surface area contributed by atoms with E-state index in [1.165, 1.54) is 22.4 Å². The van der Waals surface area contributed by atoms with Crippen molar-refractivity contribution in [2.24, 2.45) is 0 Å². The molecule has 66 valence electrons. The maximum absolute atomic E-state index is 3.22. The summed E-state index contributed by atoms with van der Waals surface area (Å²) in [5.74, 6) is 0. The molecule has 1 nitrogen and oxygen atoms in total. The van der Waals surface area contributed by atoms with Crippen LogP contribution in [-0.2, 0) is 0 Å². The van der Waals surface area contributed by atoms with Gasteiger partial charge in [-0.3, -0.25) is 0 Å². The van der Waals surface area contributed by atoms with Crippen molar-refractivity contribution in [1.82, 2.24) is 4.98 Å². The van der Waals surface area contributed by atoms with Gasteiger partial charge in [-0.25, -0.2) is 0 Å². The molecule has 1 heterocycles. The highest BCUT2D eigenvalue weighted by Gasteiger charge is 2.02. The summed E-state index contributed by atoms with van der Waals surface area (Å²) in [7, 11) is 0. The van der Waals surface area contributed by atoms with Gasteiger partial charge in [0.25, 0.3) is 0 Å². The first-order valence-electron chi connectivity index (χ1n) is 4.49. The maximum atomic E-state index is 3.22. The van der Waals surface area contributed by atoms with Crippen molar-refractivity contribution in [1.29, 1.82) is 0 Å². The van der Waals surface area contributed by atoms with Gasteiger partial charge in [-0.15, -0.1) is 0 Å². The number of hydrogen-bond donors (Lipinski definition) is 1. The van der Waals surface area contributed by atoms with Crippen LogP contribution in [0.25, 0.3) is 11.3 Å². The zero-order valence-electron chi connectivity index (χ0n) is 7.96. The Balaban J connectivity index is 2.59. The minimum Gasteiger partial charge on any atom is -0.361 e. The number of aromatic nitrogens is 1. The highest BCUT2D eigenvalue weighted by atomic mass is 14.7. The number of aromatic amines is 1. The van der Waals surface area contributed by atoms with E-state index in [1.807, 2.05) is 12.3 Å². The lowest BCUT2D eigenvalue weighted by Crippen LogP contribution is -1.86. The Morgan fingerprint density at radius 2 is 1.85 bits per heavy atom. The molecule has 0 fully saturated rings. The number of nitrogens with one attached hydrogen (secondary N) is 1. The molecule has 13 heavy (non-hydrogen) atoms. The molecule has 0 saturated heterocycles. The van der Waals surface area contributed by atoms with E-state index in [-0.39, 0.29) is 0 Å². The van der Waals surface area contributed by atoms with Crippen LogP contribution >= 0.6 is 0 Å². The lowest BCUT2D eigenvalue weighted by molar-refractivity contribution is 1.31. The van der Waals surface area contributed by atoms with Crippen molar-refractivity contribution >= 4 is 0 Å². The molecule has 0 atom stereocenters. The zero-order valence-corrected chi connectivity index (χ0v) is 7.96. The van der Waals surface area contributed by atoms with E-state index >= 15 is 0 Å². The van der Waals surface area contributed by atoms with Crippen LogP contribution in [0.4, 0.5) is 0 Å². The molecule has 0 saturated carbocycles. The van der Waals surface area contributed by atoms with Gasteiger partial charge in [0.15, 0.2) is 0 Å². The van der Waals surface area contributed by atoms with Crippen LogP contribution in [-0.4, -0.2) is 4.98 Å². The standard InChI is InChI=1S/C12H13N/c1-9-5-3-6-11(10(9)2)12-7-4-8-13-12/h3-8,13H,1-2H3. The Morgan fingerprint density at radius 3 is 2.54 bits per heavy atom. The monoisotopic (exact) mass is 171 g/mol. The van der Waals surface area contributed by atoms with Gasteiger partial charge in [0.1, 0.15) is 0 Å². The summed E-state index contributed by atoms with van der Waals surface area (Å²) >= 11 is 0. The third-order valence-electron chi connectivity index (χ3n) is 2.49. The molecule has 2 aromatic rings. The van der Waals surface area contributed by atoms with Crippen LogP contribution in [0.5, 0.6) is 0 Å². The van der Waals surface area contributed by atoms with Crippen molar-refractivity contribution < 1.29 is 0 Å². The number of benzene rings is 1. The molecular weight excluding hydrogens is 158 g/mol. The average Bonchev–Trinajstić information content (AvgIpc) is 2.62. The number of H-pyrrole nitrogens is 1. The first-order chi connectivity index (χ1) is 6.29. The molecule has 0 aliphatic heterocycles. The molecule has 1 N–H and O–H groups in total. The van der Waals surface area contributed by atoms with Gasteiger partial charge < -0.3 is 4.98 Å². The summed E-state index contributed by atoms with van der Waals surface area (Å²) < 4.78 is 0. The number of rotatable bonds is 1. The lowest BCUT2D eigenvalue weighted by Gasteiger charge is -2.05. The zero-order chi connectivity index (χ0) is 9.26. The Labute approximate surface area is 78.4 Å². The van der Waals surface area contributed by atoms with E-state index in [2.05, 4.69) is 43.1 Å². The van der Waals surface area contributed by atoms with Gasteiger partial charge in [-0.05, 0) is 37.1 Å². The second-order valence-electron chi connectivity index (χ2n) is 3.33. The second kappa shape index (κ2) is 3.09. The fourth-order valence-electron chi connectivity index (χ4n) is 1.54. The van der Waals surface area contributed by atoms with Crippen LogP contribution in [0.2, 0.25) is 0 Å². The molecule has 0 radical (unpaired) electrons. The van der Waals surface area contributed by atoms with E-state index in [0.29, 0.717) is 0 Å². The molecule has 0 amide bonds. The molecule has 1 aromatic carbocycles. The predicted molar refractivity (Wildman–Crippen MR) is 55.7 cm³/mol. The molecule has 0 aliphatic rings. The first kappa shape index (κ1) is 8.11. The molecule has 0 unspecified atom stereocenters. The third-order valence-corrected chi connectivity index (χ3v) is 2.49. The minimum absolute atomic E-state index is 1.20. The van der Waals surface area contributed by atoms with Crippen molar-refractivity contribution in [3.63, 3.8) is 0 Å². The Hall–Kier alpha value is -1.50. The molecule has 2 rings (SSSR count). The lowest BCUT2D eigenvalue weighted by atomic mass is 10.0. The second-order valence-corrected chi connectivity index (χ2v) is 3.33. The topological polar surface area (TPSA) is 15.8 Å². The molecule has 0 spiro atoms. The smallest absolute Gasteiger partial charge is 0.0456 e. The molecular formula is C12H13N. The summed E-state index contributed by atoms with van der Waals surface area (Å²) in [6.07, 6.45) is 1.96. The highest BCUT2D eigenvalue weighted by molar-refractivity contribution is 5.64. The van der Waals surface area contributed by atoms with Crippen molar-refractivity contribution in [2.75, 3.05) is 0 Å². The van der Waals surface area contributed by atoms with Crippen LogP contribution in [0, 0.1) is 13.8 Å². The van der Waals surface area contributed by atoms with Crippen LogP contribution in [0.1, 0.15) is 11.1 Å². The summed E-state index contributed by atoms with van der Waals surface area (Å²) in [6, 6.07) is 10.5. The van der Waals surface area contributed by atoms with E-state index in [1.54, 1.807) is 0 Å². The quantitative estimate of drug-likeness (QED) is 0.677. The van der Waals surface area contributed by atoms with Crippen molar-refractivity contribution in [2.45, 2.75) is 13.8 Å². The number of hydrogen-bond acceptors (Lipinski definition) is 0. The first-order valence-corrected chi connectivity index (χ1v) is 4.49. The normalized spacial score (nSPS) is 10.3. The summed E-state index contributed by atoms with van der Waals surface area (Å²) in [6.45, 7) is 4.30. The van der Waals surface area contributed by atoms with Crippen LogP contribution in [0.15, 0.2) is 36.5 Å². The van der Waals surface area contributed by atoms with Gasteiger partial charge in [0, 0.05) is 17.5 Å². The van der Waals surface area contributed by atoms with Gasteiger partial charge >= 0.3 is 0 Å². The van der Waals surface area contributed by atoms with E-state index in [0.717, 1.165) is 0 Å². The molecule has 1 aromatic heterocycles. The van der Waals surface area contributed by atoms with Crippen LogP contribution < -0.4 is 0 Å². The summed E-state index contributed by atoms with van der Waals surface area (Å²) in [4.78, 5) is 3.22. The predicted octanol–water partition coefficient (Wildman–Crippen LogP) is 3.30. The Bertz CT molecular complexity index is 399. The largest absolute Gasteiger partial charge is 0.361 e. The summed E-state index contributed by atoms with van der Waals surface area (Å²) in [5.41, 5.74) is 5.18. The van der Waals surface area contributed by atoms with Gasteiger partial charge in [-0.1, -0.05) is 18.2 Å². The van der Waals surface area contributed by atoms with Crippen molar-refractivity contribution in [3.8, 4) is 11.3 Å². The highest BCUT2D eigenvalue weighted by Crippen LogP contribution is 2.23. The Kier molecular flexibility index (Phi) is 1.93. The van der Waals surface area contributed by atoms with E-state index < -0.39 is 0 Å². The minimum atomic E-state index is 1.20. The fourth-order valence-corrected chi connectivity index (χ4v) is 1.54. The van der Waals surface area contributed by atoms with E-state index in [4.69, 9.17) is 0 Å². The molecule has 1 heteroatoms. The third kappa shape index (κ3) is 1.37. The van der Waals surface area contributed by atoms with Gasteiger partial charge in [0.2, 0.25) is 0 Å². The van der Waals surface area contributed by atoms with Crippen LogP contribution in [0.3, 0.4) is 0 Å². The Morgan fingerprint density at radius 1 is 1.00 bits per heavy atom. The summed E-state index contributed by atoms with van der Waals surface area (Å²) in [5, 5.41) is 0.